The fourth-order valence-corrected chi connectivity index (χ4v) is 0.842. The maximum absolute atomic E-state index is 10.2. The summed E-state index contributed by atoms with van der Waals surface area (Å²) in [7, 11) is 0. The molecule has 0 radical (unpaired) electrons. The monoisotopic (exact) mass is 191 g/mol. The summed E-state index contributed by atoms with van der Waals surface area (Å²) in [6.07, 6.45) is -0.578. The van der Waals surface area contributed by atoms with Gasteiger partial charge in [0.1, 0.15) is 0 Å². The van der Waals surface area contributed by atoms with Gasteiger partial charge in [-0.3, -0.25) is 0 Å². The number of hydrogen-bond acceptors (Lipinski definition) is 4. The lowest BCUT2D eigenvalue weighted by Crippen LogP contribution is -2.22. The molecule has 5 heteroatoms. The molecule has 0 atom stereocenters. The van der Waals surface area contributed by atoms with Crippen molar-refractivity contribution in [1.82, 2.24) is 0 Å². The first-order valence-corrected chi connectivity index (χ1v) is 4.36. The molecule has 1 amide bonds. The first-order valence-electron chi connectivity index (χ1n) is 4.36. The van der Waals surface area contributed by atoms with Crippen molar-refractivity contribution in [2.45, 2.75) is 26.6 Å². The van der Waals surface area contributed by atoms with E-state index < -0.39 is 6.09 Å². The Morgan fingerprint density at radius 2 is 1.85 bits per heavy atom. The molecule has 0 heterocycles. The summed E-state index contributed by atoms with van der Waals surface area (Å²) in [6, 6.07) is 0. The molecule has 78 valence electrons. The third-order valence-electron chi connectivity index (χ3n) is 1.30. The Hall–Kier alpha value is -0.810. The van der Waals surface area contributed by atoms with Gasteiger partial charge in [0, 0.05) is 19.6 Å². The lowest BCUT2D eigenvalue weighted by Gasteiger charge is -2.15. The maximum atomic E-state index is 10.2. The Bertz CT molecular complexity index is 134. The number of carbonyl (C=O) groups is 1. The third-order valence-corrected chi connectivity index (χ3v) is 1.30. The maximum Gasteiger partial charge on any atom is 0.404 e. The van der Waals surface area contributed by atoms with Gasteiger partial charge in [0.2, 0.25) is 0 Å². The molecule has 0 aliphatic carbocycles. The Morgan fingerprint density at radius 1 is 1.31 bits per heavy atom. The smallest absolute Gasteiger partial charge is 0.404 e. The van der Waals surface area contributed by atoms with E-state index in [1.165, 1.54) is 0 Å². The average molecular weight is 191 g/mol. The molecule has 0 spiro atoms. The summed E-state index contributed by atoms with van der Waals surface area (Å²) in [5, 5.41) is 0. The molecule has 0 bridgehead atoms. The van der Waals surface area contributed by atoms with Crippen molar-refractivity contribution in [3.05, 3.63) is 0 Å². The van der Waals surface area contributed by atoms with Crippen LogP contribution < -0.4 is 5.73 Å². The molecule has 0 saturated heterocycles. The van der Waals surface area contributed by atoms with Crippen LogP contribution in [0, 0.1) is 0 Å². The molecule has 0 saturated carbocycles. The van der Waals surface area contributed by atoms with E-state index >= 15 is 0 Å². The number of rotatable bonds is 7. The third kappa shape index (κ3) is 7.55. The average Bonchev–Trinajstić information content (AvgIpc) is 2.04. The number of hydrogen-bond donors (Lipinski definition) is 1. The van der Waals surface area contributed by atoms with Crippen LogP contribution in [0.25, 0.3) is 0 Å². The van der Waals surface area contributed by atoms with Crippen LogP contribution in [0.5, 0.6) is 0 Å². The van der Waals surface area contributed by atoms with Crippen LogP contribution in [0.3, 0.4) is 0 Å². The van der Waals surface area contributed by atoms with Gasteiger partial charge in [-0.2, -0.15) is 0 Å². The van der Waals surface area contributed by atoms with Gasteiger partial charge in [0.05, 0.1) is 6.61 Å². The summed E-state index contributed by atoms with van der Waals surface area (Å²) in [5.41, 5.74) is 4.78. The zero-order valence-corrected chi connectivity index (χ0v) is 8.12. The molecule has 0 aromatic rings. The predicted octanol–water partition coefficient (Wildman–Crippen LogP) is 0.871. The lowest BCUT2D eigenvalue weighted by atomic mass is 10.4. The van der Waals surface area contributed by atoms with Crippen molar-refractivity contribution >= 4 is 6.09 Å². The highest BCUT2D eigenvalue weighted by atomic mass is 16.7. The Morgan fingerprint density at radius 3 is 2.23 bits per heavy atom. The zero-order valence-electron chi connectivity index (χ0n) is 8.12. The van der Waals surface area contributed by atoms with Crippen LogP contribution in [0.4, 0.5) is 4.79 Å². The minimum absolute atomic E-state index is 0.222. The van der Waals surface area contributed by atoms with E-state index in [9.17, 15) is 4.79 Å². The first-order chi connectivity index (χ1) is 6.20. The highest BCUT2D eigenvalue weighted by molar-refractivity contribution is 5.64. The van der Waals surface area contributed by atoms with E-state index in [1.807, 2.05) is 13.8 Å². The molecule has 2 N–H and O–H groups in total. The Balaban J connectivity index is 3.49. The second-order valence-electron chi connectivity index (χ2n) is 2.30. The van der Waals surface area contributed by atoms with Crippen LogP contribution in [0.15, 0.2) is 0 Å². The topological polar surface area (TPSA) is 70.8 Å². The van der Waals surface area contributed by atoms with Crippen molar-refractivity contribution in [1.29, 1.82) is 0 Å². The van der Waals surface area contributed by atoms with Crippen LogP contribution in [-0.4, -0.2) is 32.2 Å². The van der Waals surface area contributed by atoms with Crippen LogP contribution >= 0.6 is 0 Å². The highest BCUT2D eigenvalue weighted by Gasteiger charge is 2.07. The molecule has 0 aliphatic heterocycles. The van der Waals surface area contributed by atoms with E-state index in [-0.39, 0.29) is 12.9 Å². The fraction of sp³-hybridized carbons (Fsp3) is 0.875. The number of amides is 1. The summed E-state index contributed by atoms with van der Waals surface area (Å²) in [4.78, 5) is 10.2. The molecule has 0 rings (SSSR count). The van der Waals surface area contributed by atoms with Crippen molar-refractivity contribution in [3.63, 3.8) is 0 Å². The van der Waals surface area contributed by atoms with Crippen molar-refractivity contribution in [2.75, 3.05) is 19.8 Å². The summed E-state index contributed by atoms with van der Waals surface area (Å²) >= 11 is 0. The van der Waals surface area contributed by atoms with E-state index in [0.29, 0.717) is 19.6 Å². The van der Waals surface area contributed by atoms with Gasteiger partial charge in [-0.1, -0.05) is 0 Å². The molecule has 5 nitrogen and oxygen atoms in total. The van der Waals surface area contributed by atoms with E-state index in [4.69, 9.17) is 15.2 Å². The van der Waals surface area contributed by atoms with Gasteiger partial charge in [-0.05, 0) is 13.8 Å². The standard InChI is InChI=1S/C8H17NO4/c1-3-11-7(12-4-2)5-6-13-8(9)10/h7H,3-6H2,1-2H3,(H2,9,10). The number of carbonyl (C=O) groups excluding carboxylic acids is 1. The molecular formula is C8H17NO4. The molecule has 0 unspecified atom stereocenters. The second-order valence-corrected chi connectivity index (χ2v) is 2.30. The van der Waals surface area contributed by atoms with E-state index in [1.54, 1.807) is 0 Å². The number of ether oxygens (including phenoxy) is 3. The zero-order chi connectivity index (χ0) is 10.1. The van der Waals surface area contributed by atoms with Crippen LogP contribution in [0.1, 0.15) is 20.3 Å². The quantitative estimate of drug-likeness (QED) is 0.606. The molecular weight excluding hydrogens is 174 g/mol. The minimum Gasteiger partial charge on any atom is -0.450 e. The molecule has 0 aromatic carbocycles. The van der Waals surface area contributed by atoms with E-state index in [2.05, 4.69) is 4.74 Å². The second kappa shape index (κ2) is 7.82. The summed E-state index contributed by atoms with van der Waals surface area (Å²) in [5.74, 6) is 0. The number of nitrogens with two attached hydrogens (primary N) is 1. The highest BCUT2D eigenvalue weighted by Crippen LogP contribution is 2.00. The van der Waals surface area contributed by atoms with Crippen molar-refractivity contribution in [2.24, 2.45) is 5.73 Å². The van der Waals surface area contributed by atoms with Gasteiger partial charge >= 0.3 is 6.09 Å². The summed E-state index contributed by atoms with van der Waals surface area (Å²) in [6.45, 7) is 5.12. The lowest BCUT2D eigenvalue weighted by molar-refractivity contribution is -0.143. The van der Waals surface area contributed by atoms with Gasteiger partial charge < -0.3 is 19.9 Å². The van der Waals surface area contributed by atoms with Crippen molar-refractivity contribution < 1.29 is 19.0 Å². The van der Waals surface area contributed by atoms with Crippen molar-refractivity contribution in [3.8, 4) is 0 Å². The fourth-order valence-electron chi connectivity index (χ4n) is 0.842. The predicted molar refractivity (Wildman–Crippen MR) is 47.2 cm³/mol. The van der Waals surface area contributed by atoms with Crippen LogP contribution in [0.2, 0.25) is 0 Å². The van der Waals surface area contributed by atoms with Gasteiger partial charge in [0.15, 0.2) is 6.29 Å². The van der Waals surface area contributed by atoms with E-state index in [0.717, 1.165) is 0 Å². The largest absolute Gasteiger partial charge is 0.450 e. The number of primary amides is 1. The molecule has 13 heavy (non-hydrogen) atoms. The van der Waals surface area contributed by atoms with Gasteiger partial charge in [-0.15, -0.1) is 0 Å². The normalized spacial score (nSPS) is 10.4. The first kappa shape index (κ1) is 12.2. The van der Waals surface area contributed by atoms with Crippen LogP contribution in [-0.2, 0) is 14.2 Å². The minimum atomic E-state index is -0.772. The molecule has 0 aromatic heterocycles. The molecule has 0 aliphatic rings. The molecule has 0 fully saturated rings. The Kier molecular flexibility index (Phi) is 7.33. The van der Waals surface area contributed by atoms with Gasteiger partial charge in [0.25, 0.3) is 0 Å². The SMILES string of the molecule is CCOC(CCOC(N)=O)OCC. The Labute approximate surface area is 78.1 Å². The van der Waals surface area contributed by atoms with Gasteiger partial charge in [-0.25, -0.2) is 4.79 Å². The summed E-state index contributed by atoms with van der Waals surface area (Å²) < 4.78 is 15.0.